The Labute approximate surface area is 179 Å². The van der Waals surface area contributed by atoms with Crippen molar-refractivity contribution in [1.82, 2.24) is 9.55 Å². The zero-order valence-corrected chi connectivity index (χ0v) is 17.3. The summed E-state index contributed by atoms with van der Waals surface area (Å²) in [4.78, 5) is 13.6. The summed E-state index contributed by atoms with van der Waals surface area (Å²) in [6.07, 6.45) is 1.90. The van der Waals surface area contributed by atoms with Gasteiger partial charge in [-0.15, -0.1) is 0 Å². The minimum Gasteiger partial charge on any atom is -0.475 e. The van der Waals surface area contributed by atoms with Crippen LogP contribution in [-0.4, -0.2) is 26.8 Å². The number of hydrogen-bond acceptors (Lipinski definition) is 2. The molecule has 0 radical (unpaired) electrons. The number of aliphatic carboxylic acids is 1. The topological polar surface area (TPSA) is 55.1 Å². The van der Waals surface area contributed by atoms with Crippen LogP contribution in [0.1, 0.15) is 49.1 Å². The van der Waals surface area contributed by atoms with Gasteiger partial charge in [0.25, 0.3) is 0 Å². The number of carbonyl (C=O) groups is 1. The van der Waals surface area contributed by atoms with Gasteiger partial charge >= 0.3 is 12.1 Å². The number of hydrogen-bond donors (Lipinski definition) is 1. The summed E-state index contributed by atoms with van der Waals surface area (Å²) in [6.45, 7) is 3.17. The number of imidazole rings is 1. The standard InChI is InChI=1S/C22H24N2.C2HF3O2/c1-2-7-21-22(19-12-13-19)23-16-24(21)15-17-8-6-11-20(14-17)18-9-4-3-5-10-18;3-2(4,5)1(6)7/h3-6,8-11,14,16,19H,2,7,12-13,15H2,1H3;(H,6,7). The van der Waals surface area contributed by atoms with Crippen molar-refractivity contribution in [1.29, 1.82) is 0 Å². The predicted octanol–water partition coefficient (Wildman–Crippen LogP) is 6.06. The molecule has 7 heteroatoms. The van der Waals surface area contributed by atoms with Gasteiger partial charge in [-0.05, 0) is 42.0 Å². The van der Waals surface area contributed by atoms with Crippen LogP contribution in [0.25, 0.3) is 11.1 Å². The van der Waals surface area contributed by atoms with Crippen molar-refractivity contribution in [3.05, 3.63) is 77.9 Å². The number of benzene rings is 2. The smallest absolute Gasteiger partial charge is 0.475 e. The van der Waals surface area contributed by atoms with E-state index in [1.54, 1.807) is 0 Å². The third-order valence-electron chi connectivity index (χ3n) is 5.06. The molecule has 3 aromatic rings. The van der Waals surface area contributed by atoms with Crippen molar-refractivity contribution < 1.29 is 23.1 Å². The molecule has 1 fully saturated rings. The molecule has 1 saturated carbocycles. The Balaban J connectivity index is 0.000000339. The highest BCUT2D eigenvalue weighted by Crippen LogP contribution is 2.41. The Morgan fingerprint density at radius 2 is 1.74 bits per heavy atom. The number of carboxylic acid groups (broad SMARTS) is 1. The molecule has 1 N–H and O–H groups in total. The quantitative estimate of drug-likeness (QED) is 0.517. The molecule has 0 bridgehead atoms. The molecule has 31 heavy (non-hydrogen) atoms. The third-order valence-corrected chi connectivity index (χ3v) is 5.06. The maximum absolute atomic E-state index is 10.6. The van der Waals surface area contributed by atoms with E-state index in [1.165, 1.54) is 47.3 Å². The van der Waals surface area contributed by atoms with E-state index < -0.39 is 12.1 Å². The second-order valence-electron chi connectivity index (χ2n) is 7.60. The maximum Gasteiger partial charge on any atom is 0.490 e. The van der Waals surface area contributed by atoms with Gasteiger partial charge in [0.15, 0.2) is 0 Å². The summed E-state index contributed by atoms with van der Waals surface area (Å²) in [5, 5.41) is 7.12. The lowest BCUT2D eigenvalue weighted by Crippen LogP contribution is -2.21. The van der Waals surface area contributed by atoms with Gasteiger partial charge < -0.3 is 9.67 Å². The number of alkyl halides is 3. The molecule has 4 rings (SSSR count). The number of nitrogens with zero attached hydrogens (tertiary/aromatic N) is 2. The van der Waals surface area contributed by atoms with E-state index in [0.717, 1.165) is 18.9 Å². The molecule has 1 heterocycles. The van der Waals surface area contributed by atoms with Crippen molar-refractivity contribution in [3.63, 3.8) is 0 Å². The first kappa shape index (κ1) is 22.6. The molecular formula is C24H25F3N2O2. The Hall–Kier alpha value is -3.09. The van der Waals surface area contributed by atoms with Crippen LogP contribution >= 0.6 is 0 Å². The van der Waals surface area contributed by atoms with Gasteiger partial charge in [0.2, 0.25) is 0 Å². The van der Waals surface area contributed by atoms with Crippen LogP contribution in [0.5, 0.6) is 0 Å². The van der Waals surface area contributed by atoms with Gasteiger partial charge in [0, 0.05) is 18.2 Å². The summed E-state index contributed by atoms with van der Waals surface area (Å²) < 4.78 is 34.1. The highest BCUT2D eigenvalue weighted by Gasteiger charge is 2.38. The molecule has 0 saturated heterocycles. The van der Waals surface area contributed by atoms with Crippen LogP contribution in [0.2, 0.25) is 0 Å². The van der Waals surface area contributed by atoms with E-state index >= 15 is 0 Å². The molecule has 1 aromatic heterocycles. The predicted molar refractivity (Wildman–Crippen MR) is 113 cm³/mol. The van der Waals surface area contributed by atoms with E-state index in [1.807, 2.05) is 6.33 Å². The van der Waals surface area contributed by atoms with Crippen molar-refractivity contribution in [2.75, 3.05) is 0 Å². The fourth-order valence-electron chi connectivity index (χ4n) is 3.44. The highest BCUT2D eigenvalue weighted by molar-refractivity contribution is 5.73. The second kappa shape index (κ2) is 9.81. The molecule has 1 aliphatic rings. The molecule has 0 unspecified atom stereocenters. The first-order valence-corrected chi connectivity index (χ1v) is 10.3. The summed E-state index contributed by atoms with van der Waals surface area (Å²) in [7, 11) is 0. The van der Waals surface area contributed by atoms with Crippen LogP contribution in [0, 0.1) is 0 Å². The van der Waals surface area contributed by atoms with Gasteiger partial charge in [-0.3, -0.25) is 0 Å². The average molecular weight is 430 g/mol. The van der Waals surface area contributed by atoms with E-state index in [2.05, 4.69) is 66.1 Å². The van der Waals surface area contributed by atoms with Crippen molar-refractivity contribution >= 4 is 5.97 Å². The molecule has 0 atom stereocenters. The van der Waals surface area contributed by atoms with E-state index in [0.29, 0.717) is 0 Å². The number of halogens is 3. The zero-order chi connectivity index (χ0) is 22.4. The fourth-order valence-corrected chi connectivity index (χ4v) is 3.44. The molecule has 0 aliphatic heterocycles. The fraction of sp³-hybridized carbons (Fsp3) is 0.333. The van der Waals surface area contributed by atoms with Crippen LogP contribution in [-0.2, 0) is 17.8 Å². The summed E-state index contributed by atoms with van der Waals surface area (Å²) in [6, 6.07) is 19.5. The molecule has 164 valence electrons. The van der Waals surface area contributed by atoms with Gasteiger partial charge in [-0.1, -0.05) is 61.9 Å². The zero-order valence-electron chi connectivity index (χ0n) is 17.3. The number of carboxylic acids is 1. The summed E-state index contributed by atoms with van der Waals surface area (Å²) >= 11 is 0. The Bertz CT molecular complexity index is 1010. The second-order valence-corrected chi connectivity index (χ2v) is 7.60. The van der Waals surface area contributed by atoms with Crippen LogP contribution in [0.15, 0.2) is 60.9 Å². The molecule has 0 amide bonds. The van der Waals surface area contributed by atoms with Gasteiger partial charge in [0.1, 0.15) is 0 Å². The van der Waals surface area contributed by atoms with Crippen LogP contribution in [0.3, 0.4) is 0 Å². The van der Waals surface area contributed by atoms with Gasteiger partial charge in [-0.2, -0.15) is 13.2 Å². The number of rotatable bonds is 6. The number of aromatic nitrogens is 2. The van der Waals surface area contributed by atoms with Gasteiger partial charge in [0.05, 0.1) is 12.0 Å². The molecule has 0 spiro atoms. The summed E-state index contributed by atoms with van der Waals surface area (Å²) in [5.41, 5.74) is 6.71. The Morgan fingerprint density at radius 1 is 1.10 bits per heavy atom. The maximum atomic E-state index is 10.6. The van der Waals surface area contributed by atoms with Crippen molar-refractivity contribution in [2.24, 2.45) is 0 Å². The minimum atomic E-state index is -5.08. The average Bonchev–Trinajstić information content (AvgIpc) is 3.52. The molecule has 1 aliphatic carbocycles. The Morgan fingerprint density at radius 3 is 2.32 bits per heavy atom. The Kier molecular flexibility index (Phi) is 7.15. The first-order valence-electron chi connectivity index (χ1n) is 10.3. The van der Waals surface area contributed by atoms with E-state index in [-0.39, 0.29) is 0 Å². The van der Waals surface area contributed by atoms with E-state index in [4.69, 9.17) is 14.9 Å². The van der Waals surface area contributed by atoms with Crippen molar-refractivity contribution in [3.8, 4) is 11.1 Å². The highest BCUT2D eigenvalue weighted by atomic mass is 19.4. The lowest BCUT2D eigenvalue weighted by atomic mass is 10.0. The van der Waals surface area contributed by atoms with Crippen LogP contribution < -0.4 is 0 Å². The van der Waals surface area contributed by atoms with Crippen molar-refractivity contribution in [2.45, 2.75) is 51.2 Å². The lowest BCUT2D eigenvalue weighted by Gasteiger charge is -2.11. The lowest BCUT2D eigenvalue weighted by molar-refractivity contribution is -0.192. The molecule has 2 aromatic carbocycles. The molecule has 4 nitrogen and oxygen atoms in total. The van der Waals surface area contributed by atoms with Gasteiger partial charge in [-0.25, -0.2) is 9.78 Å². The van der Waals surface area contributed by atoms with E-state index in [9.17, 15) is 13.2 Å². The first-order chi connectivity index (χ1) is 14.8. The normalized spacial score (nSPS) is 13.4. The minimum absolute atomic E-state index is 0.725. The monoisotopic (exact) mass is 430 g/mol. The SMILES string of the molecule is CCCc1c(C2CC2)ncn1Cc1cccc(-c2ccccc2)c1.O=C(O)C(F)(F)F. The largest absolute Gasteiger partial charge is 0.490 e. The molecular weight excluding hydrogens is 405 g/mol. The summed E-state index contributed by atoms with van der Waals surface area (Å²) in [5.74, 6) is -2.03. The third kappa shape index (κ3) is 6.20. The van der Waals surface area contributed by atoms with Crippen LogP contribution in [0.4, 0.5) is 13.2 Å².